The van der Waals surface area contributed by atoms with E-state index < -0.39 is 0 Å². The lowest BCUT2D eigenvalue weighted by Gasteiger charge is -1.93. The molecule has 8 heteroatoms. The van der Waals surface area contributed by atoms with Gasteiger partial charge in [-0.05, 0) is 6.42 Å². The van der Waals surface area contributed by atoms with Crippen molar-refractivity contribution in [3.05, 3.63) is 22.2 Å². The summed E-state index contributed by atoms with van der Waals surface area (Å²) < 4.78 is 1.72. The lowest BCUT2D eigenvalue weighted by atomic mass is 10.2. The fraction of sp³-hybridized carbons (Fsp3) is 0.273. The van der Waals surface area contributed by atoms with Gasteiger partial charge in [0.25, 0.3) is 5.56 Å². The van der Waals surface area contributed by atoms with Crippen molar-refractivity contribution in [2.24, 2.45) is 7.05 Å². The molecule has 0 aliphatic carbocycles. The average molecular weight is 259 g/mol. The molecule has 0 aliphatic heterocycles. The number of aromatic nitrogens is 6. The molecule has 0 amide bonds. The summed E-state index contributed by atoms with van der Waals surface area (Å²) in [5, 5.41) is 4.34. The van der Waals surface area contributed by atoms with Gasteiger partial charge in [0, 0.05) is 13.2 Å². The van der Waals surface area contributed by atoms with Crippen LogP contribution in [0.3, 0.4) is 0 Å². The number of aryl methyl sites for hydroxylation is 2. The summed E-state index contributed by atoms with van der Waals surface area (Å²) in [6.45, 7) is 2.01. The topological polar surface area (TPSA) is 118 Å². The van der Waals surface area contributed by atoms with Gasteiger partial charge in [-0.15, -0.1) is 0 Å². The molecule has 0 bridgehead atoms. The van der Waals surface area contributed by atoms with Crippen LogP contribution in [0.1, 0.15) is 12.6 Å². The van der Waals surface area contributed by atoms with E-state index in [1.807, 2.05) is 20.2 Å². The minimum atomic E-state index is -0.330. The lowest BCUT2D eigenvalue weighted by Crippen LogP contribution is -2.10. The zero-order chi connectivity index (χ0) is 13.6. The summed E-state index contributed by atoms with van der Waals surface area (Å²) in [6, 6.07) is 0. The summed E-state index contributed by atoms with van der Waals surface area (Å²) in [5.41, 5.74) is 7.56. The molecule has 0 atom stereocenters. The highest BCUT2D eigenvalue weighted by Crippen LogP contribution is 2.21. The maximum atomic E-state index is 11.7. The number of fused-ring (bicyclic) bond motifs is 1. The Bertz CT molecular complexity index is 810. The normalized spacial score (nSPS) is 11.3. The summed E-state index contributed by atoms with van der Waals surface area (Å²) in [4.78, 5) is 25.4. The Labute approximate surface area is 107 Å². The van der Waals surface area contributed by atoms with Crippen molar-refractivity contribution in [2.75, 3.05) is 5.73 Å². The molecule has 0 radical (unpaired) electrons. The van der Waals surface area contributed by atoms with E-state index in [4.69, 9.17) is 5.73 Å². The van der Waals surface area contributed by atoms with Gasteiger partial charge in [0.05, 0.1) is 11.3 Å². The molecule has 3 rings (SSSR count). The lowest BCUT2D eigenvalue weighted by molar-refractivity contribution is 0.746. The minimum Gasteiger partial charge on any atom is -0.369 e. The molecule has 0 saturated carbocycles. The first kappa shape index (κ1) is 11.5. The molecule has 0 saturated heterocycles. The predicted molar refractivity (Wildman–Crippen MR) is 70.5 cm³/mol. The maximum Gasteiger partial charge on any atom is 0.278 e. The highest BCUT2D eigenvalue weighted by atomic mass is 16.1. The first-order chi connectivity index (χ1) is 9.08. The summed E-state index contributed by atoms with van der Waals surface area (Å²) in [6.07, 6.45) is 2.63. The van der Waals surface area contributed by atoms with Crippen LogP contribution in [0, 0.1) is 0 Å². The largest absolute Gasteiger partial charge is 0.369 e. The Morgan fingerprint density at radius 1 is 1.37 bits per heavy atom. The van der Waals surface area contributed by atoms with Crippen molar-refractivity contribution < 1.29 is 0 Å². The molecule has 0 aliphatic rings. The predicted octanol–water partition coefficient (Wildman–Crippen LogP) is 0.191. The molecule has 4 N–H and O–H groups in total. The quantitative estimate of drug-likeness (QED) is 0.607. The van der Waals surface area contributed by atoms with E-state index in [9.17, 15) is 4.79 Å². The van der Waals surface area contributed by atoms with E-state index in [1.54, 1.807) is 4.68 Å². The van der Waals surface area contributed by atoms with Gasteiger partial charge in [0.1, 0.15) is 5.82 Å². The Morgan fingerprint density at radius 3 is 2.89 bits per heavy atom. The molecule has 3 aromatic heterocycles. The number of rotatable bonds is 2. The van der Waals surface area contributed by atoms with E-state index in [-0.39, 0.29) is 11.5 Å². The van der Waals surface area contributed by atoms with E-state index >= 15 is 0 Å². The maximum absolute atomic E-state index is 11.7. The Kier molecular flexibility index (Phi) is 2.37. The fourth-order valence-electron chi connectivity index (χ4n) is 2.05. The van der Waals surface area contributed by atoms with Crippen molar-refractivity contribution in [2.45, 2.75) is 13.3 Å². The van der Waals surface area contributed by atoms with Gasteiger partial charge in [-0.2, -0.15) is 10.1 Å². The van der Waals surface area contributed by atoms with Crippen molar-refractivity contribution in [3.63, 3.8) is 0 Å². The number of aromatic amines is 2. The van der Waals surface area contributed by atoms with Gasteiger partial charge in [-0.3, -0.25) is 14.5 Å². The molecule has 3 aromatic rings. The number of hydrogen-bond donors (Lipinski definition) is 3. The second-order valence-corrected chi connectivity index (χ2v) is 4.25. The van der Waals surface area contributed by atoms with Crippen molar-refractivity contribution in [3.8, 4) is 11.4 Å². The van der Waals surface area contributed by atoms with E-state index in [1.165, 1.54) is 0 Å². The van der Waals surface area contributed by atoms with Crippen LogP contribution < -0.4 is 11.3 Å². The molecule has 0 spiro atoms. The number of hydrogen-bond acceptors (Lipinski definition) is 5. The van der Waals surface area contributed by atoms with E-state index in [2.05, 4.69) is 25.0 Å². The van der Waals surface area contributed by atoms with Gasteiger partial charge in [-0.1, -0.05) is 6.92 Å². The van der Waals surface area contributed by atoms with Gasteiger partial charge in [0.15, 0.2) is 11.2 Å². The Balaban J connectivity index is 2.26. The van der Waals surface area contributed by atoms with Crippen LogP contribution in [0.5, 0.6) is 0 Å². The smallest absolute Gasteiger partial charge is 0.278 e. The van der Waals surface area contributed by atoms with Crippen LogP contribution in [-0.4, -0.2) is 29.7 Å². The number of nitrogens with zero attached hydrogens (tertiary/aromatic N) is 4. The number of nitrogen functional groups attached to an aromatic ring is 1. The van der Waals surface area contributed by atoms with Crippen molar-refractivity contribution >= 4 is 17.1 Å². The average Bonchev–Trinajstić information content (AvgIpc) is 2.91. The number of H-pyrrole nitrogens is 2. The zero-order valence-corrected chi connectivity index (χ0v) is 10.6. The fourth-order valence-corrected chi connectivity index (χ4v) is 2.05. The molecule has 3 heterocycles. The Hall–Kier alpha value is -2.64. The highest BCUT2D eigenvalue weighted by Gasteiger charge is 2.15. The third-order valence-corrected chi connectivity index (χ3v) is 2.88. The first-order valence-corrected chi connectivity index (χ1v) is 5.87. The molecular formula is C11H13N7O. The third-order valence-electron chi connectivity index (χ3n) is 2.88. The van der Waals surface area contributed by atoms with Crippen LogP contribution in [0.2, 0.25) is 0 Å². The summed E-state index contributed by atoms with van der Waals surface area (Å²) in [5.74, 6) is 0.626. The minimum absolute atomic E-state index is 0.0532. The zero-order valence-electron chi connectivity index (χ0n) is 10.6. The first-order valence-electron chi connectivity index (χ1n) is 5.87. The Morgan fingerprint density at radius 2 is 2.16 bits per heavy atom. The number of nitrogens with one attached hydrogen (secondary N) is 2. The SMILES string of the molecule is CCc1nn(C)cc1-c1nc2nc(N)[nH]c(=O)c2[nH]1. The van der Waals surface area contributed by atoms with Gasteiger partial charge >= 0.3 is 0 Å². The van der Waals surface area contributed by atoms with Crippen LogP contribution in [0.25, 0.3) is 22.6 Å². The molecule has 0 aromatic carbocycles. The second-order valence-electron chi connectivity index (χ2n) is 4.25. The standard InChI is InChI=1S/C11H13N7O/c1-3-6-5(4-18(2)17-6)8-13-7-9(14-8)15-11(12)16-10(7)19/h4H,3H2,1-2H3,(H4,12,13,14,15,16,19). The van der Waals surface area contributed by atoms with Gasteiger partial charge in [-0.25, -0.2) is 4.98 Å². The van der Waals surface area contributed by atoms with Crippen molar-refractivity contribution in [1.29, 1.82) is 0 Å². The van der Waals surface area contributed by atoms with Crippen molar-refractivity contribution in [1.82, 2.24) is 29.7 Å². The number of imidazole rings is 1. The third kappa shape index (κ3) is 1.77. The molecule has 19 heavy (non-hydrogen) atoms. The summed E-state index contributed by atoms with van der Waals surface area (Å²) >= 11 is 0. The van der Waals surface area contributed by atoms with Crippen LogP contribution >= 0.6 is 0 Å². The highest BCUT2D eigenvalue weighted by molar-refractivity contribution is 5.76. The van der Waals surface area contributed by atoms with E-state index in [0.29, 0.717) is 17.0 Å². The van der Waals surface area contributed by atoms with Crippen LogP contribution in [0.4, 0.5) is 5.95 Å². The van der Waals surface area contributed by atoms with E-state index in [0.717, 1.165) is 17.7 Å². The van der Waals surface area contributed by atoms with Gasteiger partial charge in [0.2, 0.25) is 5.95 Å². The summed E-state index contributed by atoms with van der Waals surface area (Å²) in [7, 11) is 1.84. The second kappa shape index (κ2) is 3.94. The molecule has 0 fully saturated rings. The molecule has 0 unspecified atom stereocenters. The monoisotopic (exact) mass is 259 g/mol. The molecule has 98 valence electrons. The number of anilines is 1. The molecular weight excluding hydrogens is 246 g/mol. The number of nitrogens with two attached hydrogens (primary N) is 1. The van der Waals surface area contributed by atoms with Gasteiger partial charge < -0.3 is 10.7 Å². The van der Waals surface area contributed by atoms with Crippen LogP contribution in [-0.2, 0) is 13.5 Å². The molecule has 8 nitrogen and oxygen atoms in total. The van der Waals surface area contributed by atoms with Crippen LogP contribution in [0.15, 0.2) is 11.0 Å².